The molecule has 0 saturated heterocycles. The third kappa shape index (κ3) is 2.74. The van der Waals surface area contributed by atoms with Gasteiger partial charge in [0.1, 0.15) is 0 Å². The fourth-order valence-electron chi connectivity index (χ4n) is 2.75. The van der Waals surface area contributed by atoms with Crippen LogP contribution in [-0.4, -0.2) is 18.1 Å². The van der Waals surface area contributed by atoms with Gasteiger partial charge in [-0.05, 0) is 31.6 Å². The van der Waals surface area contributed by atoms with E-state index in [2.05, 4.69) is 25.1 Å². The van der Waals surface area contributed by atoms with E-state index >= 15 is 0 Å². The quantitative estimate of drug-likeness (QED) is 0.694. The molecule has 15 heavy (non-hydrogen) atoms. The van der Waals surface area contributed by atoms with E-state index in [1.807, 2.05) is 6.92 Å². The summed E-state index contributed by atoms with van der Waals surface area (Å²) in [5, 5.41) is 3.55. The maximum Gasteiger partial charge on any atom is 0.0663 e. The van der Waals surface area contributed by atoms with Gasteiger partial charge in [0.2, 0.25) is 0 Å². The van der Waals surface area contributed by atoms with Gasteiger partial charge in [-0.25, -0.2) is 0 Å². The minimum atomic E-state index is 0.0590. The van der Waals surface area contributed by atoms with Crippen molar-refractivity contribution in [1.82, 2.24) is 5.32 Å². The Kier molecular flexibility index (Phi) is 4.19. The topological polar surface area (TPSA) is 38.0 Å². The van der Waals surface area contributed by atoms with E-state index in [0.717, 1.165) is 12.3 Å². The van der Waals surface area contributed by atoms with Crippen LogP contribution in [0.5, 0.6) is 0 Å². The van der Waals surface area contributed by atoms with Crippen LogP contribution in [0.1, 0.15) is 40.0 Å². The summed E-state index contributed by atoms with van der Waals surface area (Å²) in [4.78, 5) is 0. The lowest BCUT2D eigenvalue weighted by atomic mass is 9.69. The van der Waals surface area contributed by atoms with Crippen molar-refractivity contribution in [3.63, 3.8) is 0 Å². The standard InChI is InChI=1S/C13H24N2/c1-5-12(4)15-13(9-14)8-10(2)6-7-11(13)3/h1,10-12,15H,6-9,14H2,2-4H3. The third-order valence-electron chi connectivity index (χ3n) is 3.87. The van der Waals surface area contributed by atoms with Crippen molar-refractivity contribution in [1.29, 1.82) is 0 Å². The molecule has 0 aromatic rings. The summed E-state index contributed by atoms with van der Waals surface area (Å²) in [7, 11) is 0. The molecule has 2 heteroatoms. The highest BCUT2D eigenvalue weighted by Crippen LogP contribution is 2.36. The van der Waals surface area contributed by atoms with E-state index in [4.69, 9.17) is 12.2 Å². The molecule has 2 nitrogen and oxygen atoms in total. The predicted octanol–water partition coefficient (Wildman–Crippen LogP) is 1.75. The molecule has 0 heterocycles. The van der Waals surface area contributed by atoms with Gasteiger partial charge in [-0.1, -0.05) is 26.2 Å². The first-order valence-electron chi connectivity index (χ1n) is 5.98. The molecule has 4 unspecified atom stereocenters. The minimum absolute atomic E-state index is 0.0590. The Morgan fingerprint density at radius 1 is 1.53 bits per heavy atom. The monoisotopic (exact) mass is 208 g/mol. The second kappa shape index (κ2) is 5.01. The van der Waals surface area contributed by atoms with E-state index in [1.165, 1.54) is 12.8 Å². The van der Waals surface area contributed by atoms with E-state index in [9.17, 15) is 0 Å². The van der Waals surface area contributed by atoms with Crippen LogP contribution in [0.4, 0.5) is 0 Å². The van der Waals surface area contributed by atoms with Crippen molar-refractivity contribution in [2.75, 3.05) is 6.54 Å². The van der Waals surface area contributed by atoms with Crippen molar-refractivity contribution in [3.05, 3.63) is 0 Å². The maximum atomic E-state index is 5.96. The summed E-state index contributed by atoms with van der Waals surface area (Å²) in [6, 6.07) is 0.112. The van der Waals surface area contributed by atoms with Crippen molar-refractivity contribution in [2.24, 2.45) is 17.6 Å². The van der Waals surface area contributed by atoms with Gasteiger partial charge in [0.05, 0.1) is 6.04 Å². The summed E-state index contributed by atoms with van der Waals surface area (Å²) in [5.41, 5.74) is 6.02. The van der Waals surface area contributed by atoms with Crippen molar-refractivity contribution in [2.45, 2.75) is 51.6 Å². The van der Waals surface area contributed by atoms with Gasteiger partial charge in [-0.15, -0.1) is 6.42 Å². The summed E-state index contributed by atoms with van der Waals surface area (Å²) >= 11 is 0. The van der Waals surface area contributed by atoms with Crippen LogP contribution in [0.2, 0.25) is 0 Å². The third-order valence-corrected chi connectivity index (χ3v) is 3.87. The van der Waals surface area contributed by atoms with Crippen LogP contribution in [0.3, 0.4) is 0 Å². The number of nitrogens with one attached hydrogen (secondary N) is 1. The lowest BCUT2D eigenvalue weighted by molar-refractivity contribution is 0.122. The van der Waals surface area contributed by atoms with E-state index < -0.39 is 0 Å². The van der Waals surface area contributed by atoms with Crippen LogP contribution < -0.4 is 11.1 Å². The van der Waals surface area contributed by atoms with Crippen LogP contribution in [-0.2, 0) is 0 Å². The molecule has 0 radical (unpaired) electrons. The zero-order valence-electron chi connectivity index (χ0n) is 10.2. The van der Waals surface area contributed by atoms with Gasteiger partial charge in [-0.3, -0.25) is 5.32 Å². The number of hydrogen-bond acceptors (Lipinski definition) is 2. The average Bonchev–Trinajstić information content (AvgIpc) is 2.23. The Bertz CT molecular complexity index is 243. The molecule has 0 aromatic carbocycles. The van der Waals surface area contributed by atoms with E-state index in [1.54, 1.807) is 0 Å². The smallest absolute Gasteiger partial charge is 0.0663 e. The lowest BCUT2D eigenvalue weighted by Crippen LogP contribution is -2.60. The van der Waals surface area contributed by atoms with Crippen molar-refractivity contribution >= 4 is 0 Å². The summed E-state index contributed by atoms with van der Waals surface area (Å²) in [6.45, 7) is 7.31. The first kappa shape index (κ1) is 12.5. The number of nitrogens with two attached hydrogens (primary N) is 1. The molecule has 4 atom stereocenters. The Hall–Kier alpha value is -0.520. The molecule has 1 fully saturated rings. The van der Waals surface area contributed by atoms with Crippen LogP contribution in [0.15, 0.2) is 0 Å². The second-order valence-electron chi connectivity index (χ2n) is 5.18. The van der Waals surface area contributed by atoms with Gasteiger partial charge in [0.25, 0.3) is 0 Å². The molecular weight excluding hydrogens is 184 g/mol. The lowest BCUT2D eigenvalue weighted by Gasteiger charge is -2.46. The molecule has 86 valence electrons. The highest BCUT2D eigenvalue weighted by molar-refractivity contribution is 5.05. The fourth-order valence-corrected chi connectivity index (χ4v) is 2.75. The molecule has 0 spiro atoms. The van der Waals surface area contributed by atoms with Crippen molar-refractivity contribution in [3.8, 4) is 12.3 Å². The molecule has 0 amide bonds. The normalized spacial score (nSPS) is 38.3. The van der Waals surface area contributed by atoms with Crippen LogP contribution >= 0.6 is 0 Å². The Labute approximate surface area is 94.0 Å². The molecule has 3 N–H and O–H groups in total. The van der Waals surface area contributed by atoms with Gasteiger partial charge in [-0.2, -0.15) is 0 Å². The predicted molar refractivity (Wildman–Crippen MR) is 65.4 cm³/mol. The molecule has 0 aromatic heterocycles. The number of terminal acetylenes is 1. The molecule has 0 bridgehead atoms. The molecule has 1 aliphatic carbocycles. The van der Waals surface area contributed by atoms with Crippen LogP contribution in [0, 0.1) is 24.2 Å². The fraction of sp³-hybridized carbons (Fsp3) is 0.846. The SMILES string of the molecule is C#CC(C)NC1(CN)CC(C)CCC1C. The Morgan fingerprint density at radius 3 is 2.73 bits per heavy atom. The molecule has 1 saturated carbocycles. The van der Waals surface area contributed by atoms with Gasteiger partial charge >= 0.3 is 0 Å². The van der Waals surface area contributed by atoms with E-state index in [0.29, 0.717) is 12.5 Å². The second-order valence-corrected chi connectivity index (χ2v) is 5.18. The first-order valence-corrected chi connectivity index (χ1v) is 5.98. The van der Waals surface area contributed by atoms with Crippen molar-refractivity contribution < 1.29 is 0 Å². The first-order chi connectivity index (χ1) is 7.04. The van der Waals surface area contributed by atoms with Gasteiger partial charge < -0.3 is 5.73 Å². The van der Waals surface area contributed by atoms with E-state index in [-0.39, 0.29) is 11.6 Å². The average molecular weight is 208 g/mol. The van der Waals surface area contributed by atoms with Crippen LogP contribution in [0.25, 0.3) is 0 Å². The summed E-state index contributed by atoms with van der Waals surface area (Å²) < 4.78 is 0. The largest absolute Gasteiger partial charge is 0.329 e. The highest BCUT2D eigenvalue weighted by Gasteiger charge is 2.39. The zero-order chi connectivity index (χ0) is 11.5. The van der Waals surface area contributed by atoms with Gasteiger partial charge in [0, 0.05) is 12.1 Å². The maximum absolute atomic E-state index is 5.96. The molecular formula is C13H24N2. The highest BCUT2D eigenvalue weighted by atomic mass is 15.0. The molecule has 1 rings (SSSR count). The minimum Gasteiger partial charge on any atom is -0.329 e. The Morgan fingerprint density at radius 2 is 2.20 bits per heavy atom. The Balaban J connectivity index is 2.76. The zero-order valence-corrected chi connectivity index (χ0v) is 10.2. The summed E-state index contributed by atoms with van der Waals surface area (Å²) in [5.74, 6) is 4.11. The molecule has 1 aliphatic rings. The summed E-state index contributed by atoms with van der Waals surface area (Å²) in [6.07, 6.45) is 9.15. The molecule has 0 aliphatic heterocycles. The number of hydrogen-bond donors (Lipinski definition) is 2. The number of rotatable bonds is 3. The van der Waals surface area contributed by atoms with Gasteiger partial charge in [0.15, 0.2) is 0 Å².